The molecule has 1 amide bonds. The van der Waals surface area contributed by atoms with Gasteiger partial charge in [-0.1, -0.05) is 0 Å². The molecule has 2 N–H and O–H groups in total. The maximum absolute atomic E-state index is 10.3. The van der Waals surface area contributed by atoms with Gasteiger partial charge < -0.3 is 15.1 Å². The van der Waals surface area contributed by atoms with Gasteiger partial charge in [-0.15, -0.1) is 0 Å². The Morgan fingerprint density at radius 1 is 1.60 bits per heavy atom. The molecule has 10 heavy (non-hydrogen) atoms. The monoisotopic (exact) mass is 147 g/mol. The minimum absolute atomic E-state index is 0.0454. The third kappa shape index (κ3) is 3.29. The second-order valence-corrected chi connectivity index (χ2v) is 1.94. The summed E-state index contributed by atoms with van der Waals surface area (Å²) >= 11 is 0. The minimum atomic E-state index is -0.920. The van der Waals surface area contributed by atoms with Gasteiger partial charge in [0.05, 0.1) is 0 Å². The molecule has 0 fully saturated rings. The molecule has 60 valence electrons. The fourth-order valence-corrected chi connectivity index (χ4v) is 0.651. The number of rotatable bonds is 4. The summed E-state index contributed by atoms with van der Waals surface area (Å²) in [5.41, 5.74) is 0. The van der Waals surface area contributed by atoms with Crippen molar-refractivity contribution in [1.82, 2.24) is 4.90 Å². The smallest absolute Gasteiger partial charge is 0.407 e. The summed E-state index contributed by atoms with van der Waals surface area (Å²) in [6, 6.07) is 0. The molecule has 0 aromatic carbocycles. The Hall–Kier alpha value is -0.770. The van der Waals surface area contributed by atoms with Crippen molar-refractivity contribution in [3.8, 4) is 0 Å². The maximum atomic E-state index is 10.3. The van der Waals surface area contributed by atoms with Gasteiger partial charge in [-0.2, -0.15) is 0 Å². The van der Waals surface area contributed by atoms with Gasteiger partial charge in [-0.3, -0.25) is 0 Å². The van der Waals surface area contributed by atoms with E-state index in [1.165, 1.54) is 4.90 Å². The Bertz CT molecular complexity index is 105. The number of hydrogen-bond acceptors (Lipinski definition) is 2. The number of carbonyl (C=O) groups is 1. The van der Waals surface area contributed by atoms with E-state index in [0.717, 1.165) is 0 Å². The summed E-state index contributed by atoms with van der Waals surface area (Å²) in [6.45, 7) is 2.72. The molecule has 0 aliphatic heterocycles. The number of hydrogen-bond donors (Lipinski definition) is 2. The van der Waals surface area contributed by atoms with Crippen LogP contribution in [0.15, 0.2) is 0 Å². The van der Waals surface area contributed by atoms with E-state index in [1.54, 1.807) is 6.92 Å². The van der Waals surface area contributed by atoms with E-state index in [-0.39, 0.29) is 6.61 Å². The van der Waals surface area contributed by atoms with Crippen molar-refractivity contribution in [2.75, 3.05) is 19.7 Å². The zero-order chi connectivity index (χ0) is 7.98. The molecule has 0 aliphatic carbocycles. The van der Waals surface area contributed by atoms with Crippen LogP contribution in [-0.2, 0) is 0 Å². The average molecular weight is 147 g/mol. The maximum Gasteiger partial charge on any atom is 0.407 e. The van der Waals surface area contributed by atoms with Crippen molar-refractivity contribution in [2.45, 2.75) is 13.3 Å². The SMILES string of the molecule is CCN(CCCO)C(=O)O. The molecule has 0 heterocycles. The molecule has 0 saturated heterocycles. The molecule has 4 nitrogen and oxygen atoms in total. The fourth-order valence-electron chi connectivity index (χ4n) is 0.651. The van der Waals surface area contributed by atoms with Crippen molar-refractivity contribution < 1.29 is 15.0 Å². The molecule has 0 bridgehead atoms. The van der Waals surface area contributed by atoms with Crippen molar-refractivity contribution in [1.29, 1.82) is 0 Å². The molecule has 4 heteroatoms. The van der Waals surface area contributed by atoms with Gasteiger partial charge in [-0.25, -0.2) is 4.79 Å². The van der Waals surface area contributed by atoms with Gasteiger partial charge in [0.2, 0.25) is 0 Å². The van der Waals surface area contributed by atoms with Gasteiger partial charge in [0, 0.05) is 19.7 Å². The van der Waals surface area contributed by atoms with Crippen LogP contribution in [0.1, 0.15) is 13.3 Å². The Labute approximate surface area is 60.1 Å². The highest BCUT2D eigenvalue weighted by molar-refractivity contribution is 5.64. The van der Waals surface area contributed by atoms with Gasteiger partial charge in [0.25, 0.3) is 0 Å². The Morgan fingerprint density at radius 2 is 2.20 bits per heavy atom. The van der Waals surface area contributed by atoms with Crippen molar-refractivity contribution in [3.63, 3.8) is 0 Å². The summed E-state index contributed by atoms with van der Waals surface area (Å²) in [6.07, 6.45) is -0.406. The third-order valence-electron chi connectivity index (χ3n) is 1.24. The van der Waals surface area contributed by atoms with Crippen LogP contribution in [-0.4, -0.2) is 40.9 Å². The van der Waals surface area contributed by atoms with Gasteiger partial charge in [0.15, 0.2) is 0 Å². The highest BCUT2D eigenvalue weighted by atomic mass is 16.4. The number of amides is 1. The molecular formula is C6H13NO3. The van der Waals surface area contributed by atoms with Gasteiger partial charge in [0.1, 0.15) is 0 Å². The van der Waals surface area contributed by atoms with Crippen LogP contribution in [0.3, 0.4) is 0 Å². The van der Waals surface area contributed by atoms with Gasteiger partial charge in [-0.05, 0) is 13.3 Å². The van der Waals surface area contributed by atoms with Crippen LogP contribution in [0, 0.1) is 0 Å². The summed E-state index contributed by atoms with van der Waals surface area (Å²) < 4.78 is 0. The quantitative estimate of drug-likeness (QED) is 0.604. The van der Waals surface area contributed by atoms with E-state index in [9.17, 15) is 4.79 Å². The van der Waals surface area contributed by atoms with E-state index in [0.29, 0.717) is 19.5 Å². The van der Waals surface area contributed by atoms with Gasteiger partial charge >= 0.3 is 6.09 Å². The predicted octanol–water partition coefficient (Wildman–Crippen LogP) is 0.369. The van der Waals surface area contributed by atoms with Crippen molar-refractivity contribution in [3.05, 3.63) is 0 Å². The zero-order valence-electron chi connectivity index (χ0n) is 6.08. The second-order valence-electron chi connectivity index (χ2n) is 1.94. The highest BCUT2D eigenvalue weighted by Gasteiger charge is 2.06. The van der Waals surface area contributed by atoms with E-state index in [4.69, 9.17) is 10.2 Å². The second kappa shape index (κ2) is 5.05. The number of aliphatic hydroxyl groups is 1. The lowest BCUT2D eigenvalue weighted by Crippen LogP contribution is -2.30. The van der Waals surface area contributed by atoms with E-state index in [2.05, 4.69) is 0 Å². The lowest BCUT2D eigenvalue weighted by molar-refractivity contribution is 0.143. The number of nitrogens with zero attached hydrogens (tertiary/aromatic N) is 1. The summed E-state index contributed by atoms with van der Waals surface area (Å²) in [4.78, 5) is 11.5. The molecule has 0 unspecified atom stereocenters. The van der Waals surface area contributed by atoms with Crippen LogP contribution >= 0.6 is 0 Å². The summed E-state index contributed by atoms with van der Waals surface area (Å²) in [7, 11) is 0. The number of carboxylic acid groups (broad SMARTS) is 1. The topological polar surface area (TPSA) is 60.8 Å². The van der Waals surface area contributed by atoms with Crippen molar-refractivity contribution >= 4 is 6.09 Å². The molecule has 0 atom stereocenters. The standard InChI is InChI=1S/C6H13NO3/c1-2-7(6(9)10)4-3-5-8/h8H,2-5H2,1H3,(H,9,10). The Morgan fingerprint density at radius 3 is 2.50 bits per heavy atom. The van der Waals surface area contributed by atoms with Crippen LogP contribution in [0.5, 0.6) is 0 Å². The minimum Gasteiger partial charge on any atom is -0.465 e. The summed E-state index contributed by atoms with van der Waals surface area (Å²) in [5, 5.41) is 16.8. The Balaban J connectivity index is 3.50. The molecule has 0 spiro atoms. The molecular weight excluding hydrogens is 134 g/mol. The molecule has 0 aromatic rings. The van der Waals surface area contributed by atoms with Crippen LogP contribution in [0.4, 0.5) is 4.79 Å². The normalized spacial score (nSPS) is 9.40. The lowest BCUT2D eigenvalue weighted by atomic mass is 10.4. The fraction of sp³-hybridized carbons (Fsp3) is 0.833. The molecule has 0 saturated carbocycles. The molecule has 0 aliphatic rings. The largest absolute Gasteiger partial charge is 0.465 e. The van der Waals surface area contributed by atoms with Crippen LogP contribution in [0.25, 0.3) is 0 Å². The Kier molecular flexibility index (Phi) is 4.66. The predicted molar refractivity (Wildman–Crippen MR) is 37.0 cm³/mol. The average Bonchev–Trinajstić information content (AvgIpc) is 1.89. The van der Waals surface area contributed by atoms with E-state index >= 15 is 0 Å². The third-order valence-corrected chi connectivity index (χ3v) is 1.24. The van der Waals surface area contributed by atoms with Crippen LogP contribution in [0.2, 0.25) is 0 Å². The number of aliphatic hydroxyl groups excluding tert-OH is 1. The first kappa shape index (κ1) is 9.23. The van der Waals surface area contributed by atoms with Crippen molar-refractivity contribution in [2.24, 2.45) is 0 Å². The first-order valence-corrected chi connectivity index (χ1v) is 3.31. The van der Waals surface area contributed by atoms with Crippen LogP contribution < -0.4 is 0 Å². The summed E-state index contributed by atoms with van der Waals surface area (Å²) in [5.74, 6) is 0. The first-order chi connectivity index (χ1) is 4.72. The van der Waals surface area contributed by atoms with E-state index < -0.39 is 6.09 Å². The van der Waals surface area contributed by atoms with E-state index in [1.807, 2.05) is 0 Å². The molecule has 0 rings (SSSR count). The highest BCUT2D eigenvalue weighted by Crippen LogP contribution is 1.90. The molecule has 0 radical (unpaired) electrons. The zero-order valence-corrected chi connectivity index (χ0v) is 6.08. The lowest BCUT2D eigenvalue weighted by Gasteiger charge is -2.15. The first-order valence-electron chi connectivity index (χ1n) is 3.31. The molecule has 0 aromatic heterocycles.